The van der Waals surface area contributed by atoms with E-state index >= 15 is 0 Å². The zero-order chi connectivity index (χ0) is 15.6. The van der Waals surface area contributed by atoms with Gasteiger partial charge in [0.1, 0.15) is 5.82 Å². The second-order valence-electron chi connectivity index (χ2n) is 6.61. The van der Waals surface area contributed by atoms with Crippen LogP contribution in [-0.2, 0) is 10.2 Å². The fraction of sp³-hybridized carbons (Fsp3) is 0.750. The lowest BCUT2D eigenvalue weighted by molar-refractivity contribution is 0.129. The molecule has 1 saturated carbocycles. The van der Waals surface area contributed by atoms with Crippen molar-refractivity contribution in [1.29, 1.82) is 0 Å². The fourth-order valence-electron chi connectivity index (χ4n) is 3.89. The van der Waals surface area contributed by atoms with Crippen LogP contribution in [0.15, 0.2) is 6.07 Å². The van der Waals surface area contributed by atoms with Crippen LogP contribution in [0.3, 0.4) is 0 Å². The van der Waals surface area contributed by atoms with Crippen molar-refractivity contribution < 1.29 is 4.74 Å². The van der Waals surface area contributed by atoms with E-state index in [0.29, 0.717) is 18.6 Å². The van der Waals surface area contributed by atoms with Crippen molar-refractivity contribution in [3.8, 4) is 0 Å². The van der Waals surface area contributed by atoms with Gasteiger partial charge in [0.05, 0.1) is 12.3 Å². The van der Waals surface area contributed by atoms with E-state index in [1.54, 1.807) is 7.11 Å². The first kappa shape index (κ1) is 15.5. The Labute approximate surface area is 132 Å². The van der Waals surface area contributed by atoms with Crippen LogP contribution in [-0.4, -0.2) is 49.9 Å². The van der Waals surface area contributed by atoms with E-state index in [4.69, 9.17) is 10.5 Å². The Balaban J connectivity index is 1.89. The molecule has 1 atom stereocenters. The van der Waals surface area contributed by atoms with E-state index in [9.17, 15) is 0 Å². The van der Waals surface area contributed by atoms with Gasteiger partial charge < -0.3 is 20.7 Å². The van der Waals surface area contributed by atoms with Crippen molar-refractivity contribution in [2.75, 3.05) is 44.5 Å². The Morgan fingerprint density at radius 2 is 2.18 bits per heavy atom. The van der Waals surface area contributed by atoms with Crippen molar-refractivity contribution in [3.05, 3.63) is 11.8 Å². The van der Waals surface area contributed by atoms with Crippen LogP contribution in [0.4, 0.5) is 11.8 Å². The molecule has 0 bridgehead atoms. The Hall–Kier alpha value is -1.40. The molecule has 1 saturated heterocycles. The highest BCUT2D eigenvalue weighted by atomic mass is 16.5. The zero-order valence-electron chi connectivity index (χ0n) is 13.6. The van der Waals surface area contributed by atoms with E-state index in [-0.39, 0.29) is 5.41 Å². The molecule has 0 amide bonds. The minimum atomic E-state index is 0.0166. The van der Waals surface area contributed by atoms with Gasteiger partial charge in [-0.25, -0.2) is 4.98 Å². The molecule has 2 aliphatic rings. The van der Waals surface area contributed by atoms with Gasteiger partial charge >= 0.3 is 0 Å². The van der Waals surface area contributed by atoms with Crippen LogP contribution < -0.4 is 16.0 Å². The van der Waals surface area contributed by atoms with Gasteiger partial charge in [-0.1, -0.05) is 12.8 Å². The van der Waals surface area contributed by atoms with Gasteiger partial charge in [-0.3, -0.25) is 0 Å². The molecule has 3 rings (SSSR count). The van der Waals surface area contributed by atoms with Gasteiger partial charge in [0.15, 0.2) is 0 Å². The molecule has 3 N–H and O–H groups in total. The van der Waals surface area contributed by atoms with Crippen LogP contribution in [0.5, 0.6) is 0 Å². The van der Waals surface area contributed by atoms with E-state index in [1.807, 2.05) is 7.05 Å². The summed E-state index contributed by atoms with van der Waals surface area (Å²) in [6, 6.07) is 2.66. The highest BCUT2D eigenvalue weighted by Gasteiger charge is 2.38. The summed E-state index contributed by atoms with van der Waals surface area (Å²) in [6.07, 6.45) is 5.84. The predicted octanol–water partition coefficient (Wildman–Crippen LogP) is 1.32. The summed E-state index contributed by atoms with van der Waals surface area (Å²) in [4.78, 5) is 11.3. The predicted molar refractivity (Wildman–Crippen MR) is 88.1 cm³/mol. The van der Waals surface area contributed by atoms with Crippen LogP contribution in [0.1, 0.15) is 37.8 Å². The Bertz CT molecular complexity index is 515. The molecule has 1 aliphatic heterocycles. The number of nitrogens with one attached hydrogen (secondary N) is 1. The minimum Gasteiger partial charge on any atom is -0.384 e. The van der Waals surface area contributed by atoms with E-state index in [2.05, 4.69) is 26.3 Å². The topological polar surface area (TPSA) is 76.3 Å². The van der Waals surface area contributed by atoms with Gasteiger partial charge in [0.2, 0.25) is 5.95 Å². The second kappa shape index (κ2) is 6.38. The third kappa shape index (κ3) is 2.90. The third-order valence-electron chi connectivity index (χ3n) is 5.18. The van der Waals surface area contributed by atoms with E-state index in [0.717, 1.165) is 43.9 Å². The Morgan fingerprint density at radius 1 is 1.41 bits per heavy atom. The lowest BCUT2D eigenvalue weighted by atomic mass is 9.83. The first-order valence-electron chi connectivity index (χ1n) is 8.23. The van der Waals surface area contributed by atoms with Crippen molar-refractivity contribution in [1.82, 2.24) is 15.3 Å². The number of aromatic nitrogens is 2. The Kier molecular flexibility index (Phi) is 4.49. The number of anilines is 2. The van der Waals surface area contributed by atoms with Gasteiger partial charge in [0.25, 0.3) is 0 Å². The monoisotopic (exact) mass is 305 g/mol. The number of nitrogen functional groups attached to an aromatic ring is 1. The number of nitrogens with two attached hydrogens (primary N) is 1. The van der Waals surface area contributed by atoms with Crippen LogP contribution in [0.25, 0.3) is 0 Å². The molecular formula is C16H27N5O. The summed E-state index contributed by atoms with van der Waals surface area (Å²) in [5, 5.41) is 3.34. The smallest absolute Gasteiger partial charge is 0.222 e. The quantitative estimate of drug-likeness (QED) is 0.854. The summed E-state index contributed by atoms with van der Waals surface area (Å²) < 4.78 is 5.50. The molecule has 0 radical (unpaired) electrons. The van der Waals surface area contributed by atoms with Crippen molar-refractivity contribution in [2.45, 2.75) is 43.6 Å². The van der Waals surface area contributed by atoms with Crippen LogP contribution in [0, 0.1) is 0 Å². The Morgan fingerprint density at radius 3 is 2.82 bits per heavy atom. The molecule has 0 spiro atoms. The number of methoxy groups -OCH3 is 1. The summed E-state index contributed by atoms with van der Waals surface area (Å²) in [5.41, 5.74) is 7.09. The summed E-state index contributed by atoms with van der Waals surface area (Å²) in [5.74, 6) is 1.34. The van der Waals surface area contributed by atoms with E-state index in [1.165, 1.54) is 12.8 Å². The van der Waals surface area contributed by atoms with Gasteiger partial charge in [0, 0.05) is 37.7 Å². The first-order chi connectivity index (χ1) is 10.7. The maximum absolute atomic E-state index is 6.01. The fourth-order valence-corrected chi connectivity index (χ4v) is 3.89. The van der Waals surface area contributed by atoms with Crippen molar-refractivity contribution in [3.63, 3.8) is 0 Å². The zero-order valence-corrected chi connectivity index (χ0v) is 13.6. The largest absolute Gasteiger partial charge is 0.384 e. The highest BCUT2D eigenvalue weighted by Crippen LogP contribution is 2.41. The normalized spacial score (nSPS) is 24.1. The van der Waals surface area contributed by atoms with Gasteiger partial charge in [-0.15, -0.1) is 0 Å². The molecule has 6 nitrogen and oxygen atoms in total. The standard InChI is InChI=1S/C16H27N5O/c1-18-12-5-8-21(10-12)14-9-13(19-15(17)20-14)16(11-22-2)6-3-4-7-16/h9,12,18H,3-8,10-11H2,1-2H3,(H2,17,19,20)/t12-/m1/s1. The second-order valence-corrected chi connectivity index (χ2v) is 6.61. The summed E-state index contributed by atoms with van der Waals surface area (Å²) >= 11 is 0. The van der Waals surface area contributed by atoms with E-state index < -0.39 is 0 Å². The molecule has 122 valence electrons. The van der Waals surface area contributed by atoms with Crippen molar-refractivity contribution in [2.24, 2.45) is 0 Å². The molecule has 2 fully saturated rings. The average molecular weight is 305 g/mol. The molecule has 22 heavy (non-hydrogen) atoms. The van der Waals surface area contributed by atoms with Crippen LogP contribution in [0.2, 0.25) is 0 Å². The molecular weight excluding hydrogens is 278 g/mol. The molecule has 1 aromatic heterocycles. The number of likely N-dealkylation sites (N-methyl/N-ethyl adjacent to an activating group) is 1. The minimum absolute atomic E-state index is 0.0166. The molecule has 1 aromatic rings. The van der Waals surface area contributed by atoms with Crippen LogP contribution >= 0.6 is 0 Å². The maximum atomic E-state index is 6.01. The summed E-state index contributed by atoms with van der Waals surface area (Å²) in [6.45, 7) is 2.70. The van der Waals surface area contributed by atoms with Gasteiger partial charge in [-0.2, -0.15) is 4.98 Å². The average Bonchev–Trinajstić information content (AvgIpc) is 3.16. The molecule has 1 aliphatic carbocycles. The number of ether oxygens (including phenoxy) is 1. The lowest BCUT2D eigenvalue weighted by Gasteiger charge is -2.29. The number of rotatable bonds is 5. The third-order valence-corrected chi connectivity index (χ3v) is 5.18. The summed E-state index contributed by atoms with van der Waals surface area (Å²) in [7, 11) is 3.78. The SMILES string of the molecule is CN[C@@H]1CCN(c2cc(C3(COC)CCCC3)nc(N)n2)C1. The number of nitrogens with zero attached hydrogens (tertiary/aromatic N) is 3. The molecule has 0 aromatic carbocycles. The molecule has 6 heteroatoms. The first-order valence-corrected chi connectivity index (χ1v) is 8.23. The lowest BCUT2D eigenvalue weighted by Crippen LogP contribution is -2.32. The van der Waals surface area contributed by atoms with Gasteiger partial charge in [-0.05, 0) is 26.3 Å². The number of hydrogen-bond donors (Lipinski definition) is 2. The number of hydrogen-bond acceptors (Lipinski definition) is 6. The highest BCUT2D eigenvalue weighted by molar-refractivity contribution is 5.46. The molecule has 0 unspecified atom stereocenters. The molecule has 2 heterocycles. The van der Waals surface area contributed by atoms with Crippen molar-refractivity contribution >= 4 is 11.8 Å². The maximum Gasteiger partial charge on any atom is 0.222 e.